The Morgan fingerprint density at radius 2 is 1.39 bits per heavy atom. The molecule has 0 atom stereocenters. The van der Waals surface area contributed by atoms with Gasteiger partial charge in [-0.05, 0) is 25.0 Å². The predicted octanol–water partition coefficient (Wildman–Crippen LogP) is 2.99. The summed E-state index contributed by atoms with van der Waals surface area (Å²) in [5.74, 6) is -1.18. The Hall–Kier alpha value is -1.59. The van der Waals surface area contributed by atoms with Crippen LogP contribution >= 0.6 is 23.2 Å². The zero-order valence-electron chi connectivity index (χ0n) is 12.5. The van der Waals surface area contributed by atoms with Gasteiger partial charge in [0.2, 0.25) is 5.91 Å². The number of imide groups is 1. The highest BCUT2D eigenvalue weighted by Crippen LogP contribution is 2.31. The highest BCUT2D eigenvalue weighted by molar-refractivity contribution is 6.43. The van der Waals surface area contributed by atoms with Crippen LogP contribution in [0, 0.1) is 0 Å². The molecular weight excluding hydrogens is 339 g/mol. The number of amides is 3. The van der Waals surface area contributed by atoms with Crippen molar-refractivity contribution in [1.29, 1.82) is 0 Å². The molecule has 1 saturated heterocycles. The third-order valence-corrected chi connectivity index (χ3v) is 4.99. The van der Waals surface area contributed by atoms with Crippen molar-refractivity contribution in [2.24, 2.45) is 0 Å². The van der Waals surface area contributed by atoms with Crippen molar-refractivity contribution >= 4 is 40.9 Å². The van der Waals surface area contributed by atoms with Gasteiger partial charge in [0.1, 0.15) is 6.54 Å². The van der Waals surface area contributed by atoms with E-state index in [4.69, 9.17) is 23.2 Å². The molecule has 0 radical (unpaired) electrons. The smallest absolute Gasteiger partial charge is 0.262 e. The molecule has 0 saturated carbocycles. The van der Waals surface area contributed by atoms with E-state index in [0.29, 0.717) is 13.1 Å². The summed E-state index contributed by atoms with van der Waals surface area (Å²) in [6.45, 7) is 1.13. The Balaban J connectivity index is 1.78. The average molecular weight is 355 g/mol. The molecule has 0 aliphatic carbocycles. The highest BCUT2D eigenvalue weighted by Gasteiger charge is 2.38. The summed E-state index contributed by atoms with van der Waals surface area (Å²) in [7, 11) is 0. The van der Waals surface area contributed by atoms with Gasteiger partial charge in [0.25, 0.3) is 11.8 Å². The van der Waals surface area contributed by atoms with E-state index in [2.05, 4.69) is 0 Å². The van der Waals surface area contributed by atoms with Crippen LogP contribution in [0.3, 0.4) is 0 Å². The largest absolute Gasteiger partial charge is 0.341 e. The summed E-state index contributed by atoms with van der Waals surface area (Å²) in [6, 6.07) is 2.77. The third-order valence-electron chi connectivity index (χ3n) is 4.26. The van der Waals surface area contributed by atoms with Crippen LogP contribution in [-0.2, 0) is 4.79 Å². The van der Waals surface area contributed by atoms with Gasteiger partial charge in [0.15, 0.2) is 0 Å². The van der Waals surface area contributed by atoms with Crippen LogP contribution in [0.5, 0.6) is 0 Å². The number of carbonyl (C=O) groups is 3. The number of rotatable bonds is 2. The van der Waals surface area contributed by atoms with Crippen LogP contribution in [0.2, 0.25) is 10.0 Å². The first-order valence-electron chi connectivity index (χ1n) is 7.62. The van der Waals surface area contributed by atoms with Gasteiger partial charge in [-0.2, -0.15) is 0 Å². The zero-order valence-corrected chi connectivity index (χ0v) is 14.0. The lowest BCUT2D eigenvalue weighted by Gasteiger charge is -2.23. The Bertz CT molecular complexity index is 641. The van der Waals surface area contributed by atoms with Crippen molar-refractivity contribution in [3.63, 3.8) is 0 Å². The van der Waals surface area contributed by atoms with Crippen LogP contribution < -0.4 is 0 Å². The van der Waals surface area contributed by atoms with Crippen molar-refractivity contribution < 1.29 is 14.4 Å². The van der Waals surface area contributed by atoms with E-state index in [1.54, 1.807) is 4.90 Å². The number of nitrogens with zero attached hydrogens (tertiary/aromatic N) is 2. The number of carbonyl (C=O) groups excluding carboxylic acids is 3. The molecule has 0 spiro atoms. The SMILES string of the molecule is O=C(CN1C(=O)c2cc(Cl)c(Cl)cc2C1=O)N1CCCCCC1. The molecule has 3 amide bonds. The fourth-order valence-corrected chi connectivity index (χ4v) is 3.31. The summed E-state index contributed by atoms with van der Waals surface area (Å²) in [5, 5.41) is 0.430. The Kier molecular flexibility index (Phi) is 4.60. The summed E-state index contributed by atoms with van der Waals surface area (Å²) < 4.78 is 0. The van der Waals surface area contributed by atoms with E-state index < -0.39 is 11.8 Å². The predicted molar refractivity (Wildman–Crippen MR) is 86.9 cm³/mol. The number of benzene rings is 1. The second kappa shape index (κ2) is 6.49. The number of halogens is 2. The molecule has 0 bridgehead atoms. The molecule has 1 fully saturated rings. The highest BCUT2D eigenvalue weighted by atomic mass is 35.5. The second-order valence-electron chi connectivity index (χ2n) is 5.80. The van der Waals surface area contributed by atoms with E-state index in [-0.39, 0.29) is 33.6 Å². The number of hydrogen-bond donors (Lipinski definition) is 0. The summed E-state index contributed by atoms with van der Waals surface area (Å²) in [5.41, 5.74) is 0.404. The van der Waals surface area contributed by atoms with E-state index in [9.17, 15) is 14.4 Å². The minimum Gasteiger partial charge on any atom is -0.341 e. The molecule has 2 aliphatic rings. The first-order valence-corrected chi connectivity index (χ1v) is 8.37. The van der Waals surface area contributed by atoms with Crippen LogP contribution in [0.4, 0.5) is 0 Å². The first-order chi connectivity index (χ1) is 11.0. The van der Waals surface area contributed by atoms with Crippen molar-refractivity contribution in [2.45, 2.75) is 25.7 Å². The van der Waals surface area contributed by atoms with Gasteiger partial charge >= 0.3 is 0 Å². The number of hydrogen-bond acceptors (Lipinski definition) is 3. The van der Waals surface area contributed by atoms with Gasteiger partial charge in [-0.15, -0.1) is 0 Å². The Morgan fingerprint density at radius 3 is 1.87 bits per heavy atom. The molecule has 3 rings (SSSR count). The van der Waals surface area contributed by atoms with E-state index in [1.807, 2.05) is 0 Å². The summed E-state index contributed by atoms with van der Waals surface area (Å²) in [6.07, 6.45) is 4.12. The van der Waals surface area contributed by atoms with Crippen molar-refractivity contribution in [3.8, 4) is 0 Å². The molecule has 23 heavy (non-hydrogen) atoms. The maximum Gasteiger partial charge on any atom is 0.262 e. The summed E-state index contributed by atoms with van der Waals surface area (Å²) >= 11 is 11.8. The minimum absolute atomic E-state index is 0.196. The maximum atomic E-state index is 12.4. The molecular formula is C16H16Cl2N2O3. The molecule has 1 aromatic carbocycles. The molecule has 122 valence electrons. The zero-order chi connectivity index (χ0) is 16.6. The van der Waals surface area contributed by atoms with Crippen molar-refractivity contribution in [2.75, 3.05) is 19.6 Å². The monoisotopic (exact) mass is 354 g/mol. The van der Waals surface area contributed by atoms with E-state index in [0.717, 1.165) is 30.6 Å². The fourth-order valence-electron chi connectivity index (χ4n) is 2.98. The van der Waals surface area contributed by atoms with Gasteiger partial charge in [0, 0.05) is 13.1 Å². The van der Waals surface area contributed by atoms with E-state index >= 15 is 0 Å². The second-order valence-corrected chi connectivity index (χ2v) is 6.62. The Labute approximate surface area is 144 Å². The first kappa shape index (κ1) is 16.3. The lowest BCUT2D eigenvalue weighted by Crippen LogP contribution is -2.43. The van der Waals surface area contributed by atoms with Crippen LogP contribution in [0.1, 0.15) is 46.4 Å². The molecule has 5 nitrogen and oxygen atoms in total. The van der Waals surface area contributed by atoms with Crippen LogP contribution in [0.15, 0.2) is 12.1 Å². The van der Waals surface area contributed by atoms with E-state index in [1.165, 1.54) is 12.1 Å². The maximum absolute atomic E-state index is 12.4. The van der Waals surface area contributed by atoms with Gasteiger partial charge in [0.05, 0.1) is 21.2 Å². The molecule has 7 heteroatoms. The topological polar surface area (TPSA) is 57.7 Å². The third kappa shape index (κ3) is 3.08. The van der Waals surface area contributed by atoms with Gasteiger partial charge < -0.3 is 4.90 Å². The molecule has 0 N–H and O–H groups in total. The van der Waals surface area contributed by atoms with Crippen LogP contribution in [-0.4, -0.2) is 47.2 Å². The Morgan fingerprint density at radius 1 is 0.913 bits per heavy atom. The number of fused-ring (bicyclic) bond motifs is 1. The average Bonchev–Trinajstić information content (AvgIpc) is 2.75. The molecule has 0 unspecified atom stereocenters. The molecule has 0 aromatic heterocycles. The molecule has 2 aliphatic heterocycles. The lowest BCUT2D eigenvalue weighted by atomic mass is 10.1. The lowest BCUT2D eigenvalue weighted by molar-refractivity contribution is -0.131. The van der Waals surface area contributed by atoms with Crippen molar-refractivity contribution in [1.82, 2.24) is 9.80 Å². The van der Waals surface area contributed by atoms with Gasteiger partial charge in [-0.25, -0.2) is 0 Å². The minimum atomic E-state index is -0.494. The van der Waals surface area contributed by atoms with Gasteiger partial charge in [-0.1, -0.05) is 36.0 Å². The van der Waals surface area contributed by atoms with Gasteiger partial charge in [-0.3, -0.25) is 19.3 Å². The quantitative estimate of drug-likeness (QED) is 0.767. The normalized spacial score (nSPS) is 18.2. The molecule has 1 aromatic rings. The molecule has 2 heterocycles. The number of likely N-dealkylation sites (tertiary alicyclic amines) is 1. The fraction of sp³-hybridized carbons (Fsp3) is 0.438. The van der Waals surface area contributed by atoms with Crippen molar-refractivity contribution in [3.05, 3.63) is 33.3 Å². The standard InChI is InChI=1S/C16H16Cl2N2O3/c17-12-7-10-11(8-13(12)18)16(23)20(15(10)22)9-14(21)19-5-3-1-2-4-6-19/h7-8H,1-6,9H2. The summed E-state index contributed by atoms with van der Waals surface area (Å²) in [4.78, 5) is 39.9. The van der Waals surface area contributed by atoms with Crippen LogP contribution in [0.25, 0.3) is 0 Å².